The molecular weight excluding hydrogens is 282 g/mol. The van der Waals surface area contributed by atoms with Gasteiger partial charge in [-0.1, -0.05) is 6.07 Å². The molecular formula is C16H19N3O3. The average Bonchev–Trinajstić information content (AvgIpc) is 3.04. The van der Waals surface area contributed by atoms with E-state index in [9.17, 15) is 14.4 Å². The van der Waals surface area contributed by atoms with E-state index in [1.54, 1.807) is 11.8 Å². The summed E-state index contributed by atoms with van der Waals surface area (Å²) in [7, 11) is 0. The maximum absolute atomic E-state index is 12.1. The van der Waals surface area contributed by atoms with Crippen LogP contribution in [0.1, 0.15) is 26.2 Å². The van der Waals surface area contributed by atoms with Crippen LogP contribution in [0.15, 0.2) is 24.3 Å². The van der Waals surface area contributed by atoms with E-state index in [4.69, 9.17) is 0 Å². The van der Waals surface area contributed by atoms with Crippen molar-refractivity contribution in [1.29, 1.82) is 0 Å². The number of carbonyl (C=O) groups excluding carboxylic acids is 3. The van der Waals surface area contributed by atoms with Gasteiger partial charge in [0.1, 0.15) is 6.04 Å². The summed E-state index contributed by atoms with van der Waals surface area (Å²) in [5, 5.41) is 3.11. The van der Waals surface area contributed by atoms with Crippen molar-refractivity contribution in [3.63, 3.8) is 0 Å². The van der Waals surface area contributed by atoms with Gasteiger partial charge < -0.3 is 10.2 Å². The molecule has 2 fully saturated rings. The van der Waals surface area contributed by atoms with Crippen molar-refractivity contribution in [3.05, 3.63) is 24.3 Å². The third-order valence-corrected chi connectivity index (χ3v) is 4.13. The van der Waals surface area contributed by atoms with E-state index in [0.717, 1.165) is 24.3 Å². The molecule has 3 amide bonds. The first kappa shape index (κ1) is 14.6. The molecule has 2 heterocycles. The molecule has 1 aromatic rings. The lowest BCUT2D eigenvalue weighted by Gasteiger charge is -2.18. The van der Waals surface area contributed by atoms with E-state index in [2.05, 4.69) is 5.32 Å². The lowest BCUT2D eigenvalue weighted by molar-refractivity contribution is -0.138. The Hall–Kier alpha value is -2.37. The molecule has 2 saturated heterocycles. The quantitative estimate of drug-likeness (QED) is 0.853. The number of benzene rings is 1. The molecule has 6 heteroatoms. The fraction of sp³-hybridized carbons (Fsp3) is 0.438. The smallest absolute Gasteiger partial charge is 0.252 e. The number of hydrogen-bond acceptors (Lipinski definition) is 4. The van der Waals surface area contributed by atoms with Crippen LogP contribution < -0.4 is 10.2 Å². The molecule has 0 radical (unpaired) electrons. The Morgan fingerprint density at radius 2 is 2.05 bits per heavy atom. The van der Waals surface area contributed by atoms with Crippen molar-refractivity contribution in [1.82, 2.24) is 4.90 Å². The summed E-state index contributed by atoms with van der Waals surface area (Å²) < 4.78 is 0. The lowest BCUT2D eigenvalue weighted by Crippen LogP contribution is -2.34. The zero-order valence-corrected chi connectivity index (χ0v) is 12.5. The van der Waals surface area contributed by atoms with Gasteiger partial charge in [-0.2, -0.15) is 0 Å². The Kier molecular flexibility index (Phi) is 3.83. The van der Waals surface area contributed by atoms with E-state index in [1.807, 2.05) is 24.3 Å². The molecule has 116 valence electrons. The molecule has 2 aliphatic rings. The predicted octanol–water partition coefficient (Wildman–Crippen LogP) is 1.37. The van der Waals surface area contributed by atoms with Crippen LogP contribution in [0, 0.1) is 0 Å². The summed E-state index contributed by atoms with van der Waals surface area (Å²) in [6, 6.07) is 6.92. The van der Waals surface area contributed by atoms with E-state index in [1.165, 1.54) is 4.90 Å². The Morgan fingerprint density at radius 1 is 1.23 bits per heavy atom. The van der Waals surface area contributed by atoms with E-state index in [-0.39, 0.29) is 24.1 Å². The minimum atomic E-state index is -0.517. The van der Waals surface area contributed by atoms with Gasteiger partial charge in [-0.15, -0.1) is 0 Å². The molecule has 0 aromatic heterocycles. The summed E-state index contributed by atoms with van der Waals surface area (Å²) in [5.74, 6) is -0.201. The highest BCUT2D eigenvalue weighted by molar-refractivity contribution is 6.06. The monoisotopic (exact) mass is 301 g/mol. The van der Waals surface area contributed by atoms with Crippen LogP contribution in [-0.2, 0) is 14.4 Å². The standard InChI is InChI=1S/C16H19N3O3/c1-2-18-15(21)10-13(16(18)22)17-11-5-3-6-12(9-11)19-8-4-7-14(19)20/h3,5-6,9,13,17H,2,4,7-8,10H2,1H3/t13-/m1/s1. The number of anilines is 2. The zero-order valence-electron chi connectivity index (χ0n) is 12.5. The molecule has 0 saturated carbocycles. The number of rotatable bonds is 4. The van der Waals surface area contributed by atoms with Crippen LogP contribution in [0.2, 0.25) is 0 Å². The summed E-state index contributed by atoms with van der Waals surface area (Å²) in [4.78, 5) is 38.7. The SMILES string of the molecule is CCN1C(=O)C[C@@H](Nc2cccc(N3CCCC3=O)c2)C1=O. The highest BCUT2D eigenvalue weighted by Gasteiger charge is 2.37. The summed E-state index contributed by atoms with van der Waals surface area (Å²) in [6.45, 7) is 2.92. The van der Waals surface area contributed by atoms with Gasteiger partial charge in [-0.3, -0.25) is 19.3 Å². The lowest BCUT2D eigenvalue weighted by atomic mass is 10.2. The molecule has 0 unspecified atom stereocenters. The molecule has 1 N–H and O–H groups in total. The Labute approximate surface area is 129 Å². The van der Waals surface area contributed by atoms with Crippen LogP contribution in [0.25, 0.3) is 0 Å². The van der Waals surface area contributed by atoms with Crippen LogP contribution >= 0.6 is 0 Å². The van der Waals surface area contributed by atoms with Gasteiger partial charge in [0, 0.05) is 30.9 Å². The van der Waals surface area contributed by atoms with Crippen LogP contribution in [0.3, 0.4) is 0 Å². The maximum atomic E-state index is 12.1. The second-order valence-electron chi connectivity index (χ2n) is 5.58. The second kappa shape index (κ2) is 5.79. The minimum absolute atomic E-state index is 0.126. The molecule has 0 spiro atoms. The van der Waals surface area contributed by atoms with Crippen molar-refractivity contribution in [2.24, 2.45) is 0 Å². The van der Waals surface area contributed by atoms with Gasteiger partial charge in [0.25, 0.3) is 5.91 Å². The van der Waals surface area contributed by atoms with Crippen molar-refractivity contribution >= 4 is 29.1 Å². The first-order valence-corrected chi connectivity index (χ1v) is 7.61. The first-order chi connectivity index (χ1) is 10.6. The van der Waals surface area contributed by atoms with Crippen LogP contribution in [0.4, 0.5) is 11.4 Å². The zero-order chi connectivity index (χ0) is 15.7. The third-order valence-electron chi connectivity index (χ3n) is 4.13. The highest BCUT2D eigenvalue weighted by atomic mass is 16.2. The van der Waals surface area contributed by atoms with Crippen molar-refractivity contribution in [2.45, 2.75) is 32.2 Å². The molecule has 0 aliphatic carbocycles. The Bertz CT molecular complexity index is 629. The molecule has 1 aromatic carbocycles. The Balaban J connectivity index is 1.75. The number of carbonyl (C=O) groups is 3. The van der Waals surface area contributed by atoms with E-state index < -0.39 is 6.04 Å². The topological polar surface area (TPSA) is 69.7 Å². The van der Waals surface area contributed by atoms with Gasteiger partial charge in [-0.05, 0) is 31.5 Å². The number of likely N-dealkylation sites (tertiary alicyclic amines) is 1. The molecule has 2 aliphatic heterocycles. The minimum Gasteiger partial charge on any atom is -0.373 e. The van der Waals surface area contributed by atoms with E-state index in [0.29, 0.717) is 13.0 Å². The number of hydrogen-bond donors (Lipinski definition) is 1. The number of nitrogens with one attached hydrogen (secondary N) is 1. The molecule has 0 bridgehead atoms. The van der Waals surface area contributed by atoms with Crippen LogP contribution in [-0.4, -0.2) is 41.8 Å². The third kappa shape index (κ3) is 2.56. The fourth-order valence-corrected chi connectivity index (χ4v) is 3.01. The number of imide groups is 1. The van der Waals surface area contributed by atoms with E-state index >= 15 is 0 Å². The number of nitrogens with zero attached hydrogens (tertiary/aromatic N) is 2. The van der Waals surface area contributed by atoms with Crippen molar-refractivity contribution in [3.8, 4) is 0 Å². The molecule has 1 atom stereocenters. The second-order valence-corrected chi connectivity index (χ2v) is 5.58. The van der Waals surface area contributed by atoms with Crippen molar-refractivity contribution in [2.75, 3.05) is 23.3 Å². The number of amides is 3. The predicted molar refractivity (Wildman–Crippen MR) is 82.5 cm³/mol. The van der Waals surface area contributed by atoms with Crippen molar-refractivity contribution < 1.29 is 14.4 Å². The highest BCUT2D eigenvalue weighted by Crippen LogP contribution is 2.26. The van der Waals surface area contributed by atoms with Gasteiger partial charge in [-0.25, -0.2) is 0 Å². The molecule has 3 rings (SSSR count). The largest absolute Gasteiger partial charge is 0.373 e. The maximum Gasteiger partial charge on any atom is 0.252 e. The Morgan fingerprint density at radius 3 is 2.68 bits per heavy atom. The number of likely N-dealkylation sites (N-methyl/N-ethyl adjacent to an activating group) is 1. The summed E-state index contributed by atoms with van der Waals surface area (Å²) >= 11 is 0. The summed E-state index contributed by atoms with van der Waals surface area (Å²) in [5.41, 5.74) is 1.58. The average molecular weight is 301 g/mol. The summed E-state index contributed by atoms with van der Waals surface area (Å²) in [6.07, 6.45) is 1.63. The molecule has 6 nitrogen and oxygen atoms in total. The van der Waals surface area contributed by atoms with Gasteiger partial charge in [0.2, 0.25) is 11.8 Å². The van der Waals surface area contributed by atoms with Crippen LogP contribution in [0.5, 0.6) is 0 Å². The van der Waals surface area contributed by atoms with Gasteiger partial charge >= 0.3 is 0 Å². The first-order valence-electron chi connectivity index (χ1n) is 7.61. The van der Waals surface area contributed by atoms with Gasteiger partial charge in [0.15, 0.2) is 0 Å². The fourth-order valence-electron chi connectivity index (χ4n) is 3.01. The van der Waals surface area contributed by atoms with Gasteiger partial charge in [0.05, 0.1) is 6.42 Å². The normalized spacial score (nSPS) is 21.9. The molecule has 22 heavy (non-hydrogen) atoms.